The first-order valence-corrected chi connectivity index (χ1v) is 6.61. The molecule has 0 bridgehead atoms. The standard InChI is InChI=1S/C13H12ClNOS/c1-9-8-17-13(15-9)7-6-12(16)10-4-2-3-5-11(10)14/h2-5,8H,6-7H2,1H3. The number of aromatic nitrogens is 1. The molecule has 0 spiro atoms. The summed E-state index contributed by atoms with van der Waals surface area (Å²) in [6, 6.07) is 7.15. The molecule has 0 radical (unpaired) electrons. The summed E-state index contributed by atoms with van der Waals surface area (Å²) >= 11 is 7.57. The molecule has 0 saturated carbocycles. The lowest BCUT2D eigenvalue weighted by Gasteiger charge is -2.01. The molecule has 2 rings (SSSR count). The van der Waals surface area contributed by atoms with Gasteiger partial charge < -0.3 is 0 Å². The van der Waals surface area contributed by atoms with E-state index < -0.39 is 0 Å². The molecule has 2 nitrogen and oxygen atoms in total. The second-order valence-electron chi connectivity index (χ2n) is 3.79. The van der Waals surface area contributed by atoms with Crippen molar-refractivity contribution in [2.45, 2.75) is 19.8 Å². The zero-order valence-electron chi connectivity index (χ0n) is 9.44. The molecule has 0 fully saturated rings. The van der Waals surface area contributed by atoms with Crippen molar-refractivity contribution < 1.29 is 4.79 Å². The van der Waals surface area contributed by atoms with E-state index in [-0.39, 0.29) is 5.78 Å². The average molecular weight is 266 g/mol. The van der Waals surface area contributed by atoms with Crippen molar-refractivity contribution in [1.29, 1.82) is 0 Å². The smallest absolute Gasteiger partial charge is 0.164 e. The molecule has 1 heterocycles. The van der Waals surface area contributed by atoms with Crippen molar-refractivity contribution in [3.8, 4) is 0 Å². The second-order valence-corrected chi connectivity index (χ2v) is 5.14. The van der Waals surface area contributed by atoms with Crippen LogP contribution < -0.4 is 0 Å². The Kier molecular flexibility index (Phi) is 3.92. The molecular formula is C13H12ClNOS. The van der Waals surface area contributed by atoms with Crippen LogP contribution in [0.25, 0.3) is 0 Å². The van der Waals surface area contributed by atoms with Crippen LogP contribution in [0, 0.1) is 6.92 Å². The van der Waals surface area contributed by atoms with Gasteiger partial charge in [0.15, 0.2) is 5.78 Å². The van der Waals surface area contributed by atoms with E-state index in [1.165, 1.54) is 0 Å². The lowest BCUT2D eigenvalue weighted by molar-refractivity contribution is 0.0983. The predicted octanol–water partition coefficient (Wildman–Crippen LogP) is 3.92. The topological polar surface area (TPSA) is 30.0 Å². The van der Waals surface area contributed by atoms with Gasteiger partial charge in [-0.05, 0) is 19.1 Å². The zero-order valence-corrected chi connectivity index (χ0v) is 11.0. The van der Waals surface area contributed by atoms with E-state index in [9.17, 15) is 4.79 Å². The number of benzene rings is 1. The molecule has 0 aliphatic heterocycles. The summed E-state index contributed by atoms with van der Waals surface area (Å²) in [4.78, 5) is 16.3. The van der Waals surface area contributed by atoms with Crippen LogP contribution in [0.4, 0.5) is 0 Å². The summed E-state index contributed by atoms with van der Waals surface area (Å²) in [5.74, 6) is 0.0726. The van der Waals surface area contributed by atoms with E-state index in [0.29, 0.717) is 23.4 Å². The molecule has 1 aromatic heterocycles. The summed E-state index contributed by atoms with van der Waals surface area (Å²) in [7, 11) is 0. The Bertz CT molecular complexity index is 536. The fourth-order valence-corrected chi connectivity index (χ4v) is 2.58. The van der Waals surface area contributed by atoms with Crippen molar-refractivity contribution in [3.63, 3.8) is 0 Å². The third kappa shape index (κ3) is 3.14. The largest absolute Gasteiger partial charge is 0.294 e. The minimum absolute atomic E-state index is 0.0726. The summed E-state index contributed by atoms with van der Waals surface area (Å²) < 4.78 is 0. The van der Waals surface area contributed by atoms with Crippen LogP contribution in [0.1, 0.15) is 27.5 Å². The number of aryl methyl sites for hydroxylation is 2. The molecule has 0 unspecified atom stereocenters. The number of rotatable bonds is 4. The minimum atomic E-state index is 0.0726. The van der Waals surface area contributed by atoms with E-state index in [1.807, 2.05) is 24.4 Å². The van der Waals surface area contributed by atoms with Crippen LogP contribution in [-0.2, 0) is 6.42 Å². The number of halogens is 1. The molecule has 0 aliphatic rings. The number of carbonyl (C=O) groups excluding carboxylic acids is 1. The first kappa shape index (κ1) is 12.3. The Morgan fingerprint density at radius 2 is 2.18 bits per heavy atom. The first-order chi connectivity index (χ1) is 8.16. The SMILES string of the molecule is Cc1csc(CCC(=O)c2ccccc2Cl)n1. The van der Waals surface area contributed by atoms with Crippen LogP contribution in [0.2, 0.25) is 5.02 Å². The van der Waals surface area contributed by atoms with Gasteiger partial charge in [-0.3, -0.25) is 4.79 Å². The van der Waals surface area contributed by atoms with Gasteiger partial charge in [-0.25, -0.2) is 4.98 Å². The van der Waals surface area contributed by atoms with Gasteiger partial charge in [0.2, 0.25) is 0 Å². The fourth-order valence-electron chi connectivity index (χ4n) is 1.56. The van der Waals surface area contributed by atoms with Crippen molar-refractivity contribution >= 4 is 28.7 Å². The molecule has 0 saturated heterocycles. The van der Waals surface area contributed by atoms with Crippen molar-refractivity contribution in [3.05, 3.63) is 50.9 Å². The highest BCUT2D eigenvalue weighted by molar-refractivity contribution is 7.09. The maximum atomic E-state index is 11.9. The summed E-state index contributed by atoms with van der Waals surface area (Å²) in [5, 5.41) is 3.52. The Morgan fingerprint density at radius 3 is 2.82 bits per heavy atom. The van der Waals surface area contributed by atoms with Crippen LogP contribution in [0.5, 0.6) is 0 Å². The molecule has 88 valence electrons. The molecule has 0 atom stereocenters. The van der Waals surface area contributed by atoms with E-state index >= 15 is 0 Å². The lowest BCUT2D eigenvalue weighted by atomic mass is 10.1. The fraction of sp³-hybridized carbons (Fsp3) is 0.231. The third-order valence-electron chi connectivity index (χ3n) is 2.41. The molecule has 2 aromatic rings. The van der Waals surface area contributed by atoms with Crippen LogP contribution in [-0.4, -0.2) is 10.8 Å². The molecule has 1 aromatic carbocycles. The van der Waals surface area contributed by atoms with Crippen molar-refractivity contribution in [1.82, 2.24) is 4.98 Å². The number of hydrogen-bond donors (Lipinski definition) is 0. The number of nitrogens with zero attached hydrogens (tertiary/aromatic N) is 1. The Balaban J connectivity index is 2.01. The molecule has 4 heteroatoms. The van der Waals surface area contributed by atoms with Gasteiger partial charge in [-0.1, -0.05) is 23.7 Å². The zero-order chi connectivity index (χ0) is 12.3. The van der Waals surface area contributed by atoms with E-state index in [0.717, 1.165) is 10.7 Å². The summed E-state index contributed by atoms with van der Waals surface area (Å²) in [6.45, 7) is 1.95. The van der Waals surface area contributed by atoms with Crippen LogP contribution >= 0.6 is 22.9 Å². The normalized spacial score (nSPS) is 10.5. The highest BCUT2D eigenvalue weighted by Gasteiger charge is 2.10. The van der Waals surface area contributed by atoms with E-state index in [2.05, 4.69) is 4.98 Å². The third-order valence-corrected chi connectivity index (χ3v) is 3.76. The van der Waals surface area contributed by atoms with E-state index in [1.54, 1.807) is 23.5 Å². The number of Topliss-reactive ketones (excluding diaryl/α,β-unsaturated/α-hetero) is 1. The molecule has 17 heavy (non-hydrogen) atoms. The highest BCUT2D eigenvalue weighted by Crippen LogP contribution is 2.18. The molecule has 0 amide bonds. The van der Waals surface area contributed by atoms with Crippen LogP contribution in [0.15, 0.2) is 29.6 Å². The number of hydrogen-bond acceptors (Lipinski definition) is 3. The summed E-state index contributed by atoms with van der Waals surface area (Å²) in [6.07, 6.45) is 1.14. The number of thiazole rings is 1. The Hall–Kier alpha value is -1.19. The van der Waals surface area contributed by atoms with Gasteiger partial charge in [-0.15, -0.1) is 11.3 Å². The Morgan fingerprint density at radius 1 is 1.41 bits per heavy atom. The maximum absolute atomic E-state index is 11.9. The highest BCUT2D eigenvalue weighted by atomic mass is 35.5. The van der Waals surface area contributed by atoms with Gasteiger partial charge in [0.1, 0.15) is 0 Å². The van der Waals surface area contributed by atoms with Gasteiger partial charge >= 0.3 is 0 Å². The second kappa shape index (κ2) is 5.43. The quantitative estimate of drug-likeness (QED) is 0.785. The van der Waals surface area contributed by atoms with Gasteiger partial charge in [0.25, 0.3) is 0 Å². The molecular weight excluding hydrogens is 254 g/mol. The van der Waals surface area contributed by atoms with Crippen LogP contribution in [0.3, 0.4) is 0 Å². The van der Waals surface area contributed by atoms with E-state index in [4.69, 9.17) is 11.6 Å². The monoisotopic (exact) mass is 265 g/mol. The maximum Gasteiger partial charge on any atom is 0.164 e. The molecule has 0 aliphatic carbocycles. The van der Waals surface area contributed by atoms with Crippen molar-refractivity contribution in [2.75, 3.05) is 0 Å². The predicted molar refractivity (Wildman–Crippen MR) is 71.0 cm³/mol. The van der Waals surface area contributed by atoms with Gasteiger partial charge in [0.05, 0.1) is 10.0 Å². The van der Waals surface area contributed by atoms with Gasteiger partial charge in [-0.2, -0.15) is 0 Å². The van der Waals surface area contributed by atoms with Crippen molar-refractivity contribution in [2.24, 2.45) is 0 Å². The molecule has 0 N–H and O–H groups in total. The lowest BCUT2D eigenvalue weighted by Crippen LogP contribution is -2.01. The number of carbonyl (C=O) groups is 1. The average Bonchev–Trinajstić information content (AvgIpc) is 2.73. The number of ketones is 1. The Labute approximate surface area is 109 Å². The summed E-state index contributed by atoms with van der Waals surface area (Å²) in [5.41, 5.74) is 1.61. The van der Waals surface area contributed by atoms with Gasteiger partial charge in [0, 0.05) is 29.5 Å². The minimum Gasteiger partial charge on any atom is -0.294 e. The first-order valence-electron chi connectivity index (χ1n) is 5.35.